The summed E-state index contributed by atoms with van der Waals surface area (Å²) in [6, 6.07) is 0.0601. The lowest BCUT2D eigenvalue weighted by atomic mass is 10.1. The minimum Gasteiger partial charge on any atom is -0.393 e. The first-order chi connectivity index (χ1) is 8.58. The van der Waals surface area contributed by atoms with Gasteiger partial charge in [0.05, 0.1) is 18.2 Å². The van der Waals surface area contributed by atoms with E-state index in [0.29, 0.717) is 6.54 Å². The zero-order chi connectivity index (χ0) is 13.1. The quantitative estimate of drug-likeness (QED) is 0.791. The van der Waals surface area contributed by atoms with Crippen LogP contribution in [-0.4, -0.2) is 54.5 Å². The second-order valence-corrected chi connectivity index (χ2v) is 5.56. The Kier molecular flexibility index (Phi) is 4.45. The van der Waals surface area contributed by atoms with Crippen LogP contribution >= 0.6 is 0 Å². The maximum absolute atomic E-state index is 12.0. The number of aliphatic hydroxyl groups excluding tert-OH is 1. The lowest BCUT2D eigenvalue weighted by Gasteiger charge is -2.26. The Morgan fingerprint density at radius 2 is 2.22 bits per heavy atom. The molecule has 4 unspecified atom stereocenters. The number of carbonyl (C=O) groups is 1. The summed E-state index contributed by atoms with van der Waals surface area (Å²) in [5.74, 6) is 0.234. The van der Waals surface area contributed by atoms with Gasteiger partial charge in [0.2, 0.25) is 0 Å². The molecule has 1 saturated heterocycles. The van der Waals surface area contributed by atoms with Crippen molar-refractivity contribution in [1.82, 2.24) is 10.2 Å². The van der Waals surface area contributed by atoms with E-state index in [4.69, 9.17) is 4.74 Å². The summed E-state index contributed by atoms with van der Waals surface area (Å²) >= 11 is 0. The average Bonchev–Trinajstić information content (AvgIpc) is 2.90. The molecule has 104 valence electrons. The highest BCUT2D eigenvalue weighted by molar-refractivity contribution is 5.74. The molecule has 2 N–H and O–H groups in total. The van der Waals surface area contributed by atoms with Gasteiger partial charge in [0.25, 0.3) is 0 Å². The zero-order valence-corrected chi connectivity index (χ0v) is 11.3. The van der Waals surface area contributed by atoms with E-state index in [2.05, 4.69) is 5.32 Å². The Morgan fingerprint density at radius 3 is 2.78 bits per heavy atom. The lowest BCUT2D eigenvalue weighted by molar-refractivity contribution is 0.105. The van der Waals surface area contributed by atoms with Crippen molar-refractivity contribution in [3.05, 3.63) is 0 Å². The van der Waals surface area contributed by atoms with Crippen LogP contribution in [0.2, 0.25) is 0 Å². The minimum absolute atomic E-state index is 0.0588. The van der Waals surface area contributed by atoms with Crippen LogP contribution < -0.4 is 5.32 Å². The Labute approximate surface area is 108 Å². The van der Waals surface area contributed by atoms with Gasteiger partial charge in [0.15, 0.2) is 0 Å². The Hall–Kier alpha value is -0.810. The third-order valence-electron chi connectivity index (χ3n) is 4.16. The van der Waals surface area contributed by atoms with Crippen molar-refractivity contribution >= 4 is 6.03 Å². The van der Waals surface area contributed by atoms with Crippen molar-refractivity contribution in [3.63, 3.8) is 0 Å². The van der Waals surface area contributed by atoms with Gasteiger partial charge in [-0.1, -0.05) is 6.42 Å². The SMILES string of the molecule is CC1OCCC1NC(=O)N(C)CC1CCCC1O. The number of nitrogens with one attached hydrogen (secondary N) is 1. The predicted octanol–water partition coefficient (Wildman–Crippen LogP) is 0.966. The van der Waals surface area contributed by atoms with Crippen LogP contribution in [0.1, 0.15) is 32.6 Å². The normalized spacial score (nSPS) is 35.7. The van der Waals surface area contributed by atoms with E-state index in [9.17, 15) is 9.90 Å². The number of carbonyl (C=O) groups excluding carboxylic acids is 1. The number of amides is 2. The number of urea groups is 1. The Bertz CT molecular complexity index is 298. The standard InChI is InChI=1S/C13H24N2O3/c1-9-11(6-7-18-9)14-13(17)15(2)8-10-4-3-5-12(10)16/h9-12,16H,3-8H2,1-2H3,(H,14,17). The molecular weight excluding hydrogens is 232 g/mol. The Balaban J connectivity index is 1.77. The molecule has 0 aromatic heterocycles. The third kappa shape index (κ3) is 3.14. The van der Waals surface area contributed by atoms with E-state index in [-0.39, 0.29) is 30.2 Å². The molecule has 0 bridgehead atoms. The minimum atomic E-state index is -0.242. The van der Waals surface area contributed by atoms with Crippen LogP contribution in [-0.2, 0) is 4.74 Å². The summed E-state index contributed by atoms with van der Waals surface area (Å²) in [5, 5.41) is 12.8. The van der Waals surface area contributed by atoms with E-state index in [0.717, 1.165) is 32.3 Å². The van der Waals surface area contributed by atoms with Crippen LogP contribution in [0.4, 0.5) is 4.79 Å². The molecule has 4 atom stereocenters. The molecule has 1 heterocycles. The van der Waals surface area contributed by atoms with Gasteiger partial charge in [-0.2, -0.15) is 0 Å². The van der Waals surface area contributed by atoms with Crippen molar-refractivity contribution in [2.45, 2.75) is 50.9 Å². The van der Waals surface area contributed by atoms with Gasteiger partial charge in [-0.05, 0) is 26.2 Å². The molecule has 2 rings (SSSR count). The Morgan fingerprint density at radius 1 is 1.44 bits per heavy atom. The molecule has 0 aromatic rings. The fourth-order valence-electron chi connectivity index (χ4n) is 2.85. The summed E-state index contributed by atoms with van der Waals surface area (Å²) in [4.78, 5) is 13.7. The highest BCUT2D eigenvalue weighted by atomic mass is 16.5. The molecule has 1 aliphatic carbocycles. The second-order valence-electron chi connectivity index (χ2n) is 5.56. The molecule has 2 aliphatic rings. The van der Waals surface area contributed by atoms with Gasteiger partial charge in [-0.15, -0.1) is 0 Å². The van der Waals surface area contributed by atoms with Crippen molar-refractivity contribution in [1.29, 1.82) is 0 Å². The summed E-state index contributed by atoms with van der Waals surface area (Å²) in [6.45, 7) is 3.34. The second kappa shape index (κ2) is 5.89. The summed E-state index contributed by atoms with van der Waals surface area (Å²) in [5.41, 5.74) is 0. The van der Waals surface area contributed by atoms with Gasteiger partial charge in [0, 0.05) is 26.1 Å². The number of aliphatic hydroxyl groups is 1. The van der Waals surface area contributed by atoms with Crippen molar-refractivity contribution in [3.8, 4) is 0 Å². The van der Waals surface area contributed by atoms with Crippen LogP contribution in [0.25, 0.3) is 0 Å². The van der Waals surface area contributed by atoms with E-state index in [1.54, 1.807) is 11.9 Å². The van der Waals surface area contributed by atoms with Gasteiger partial charge in [-0.25, -0.2) is 4.79 Å². The molecule has 0 aromatic carbocycles. The molecule has 0 radical (unpaired) electrons. The number of ether oxygens (including phenoxy) is 1. The third-order valence-corrected chi connectivity index (χ3v) is 4.16. The van der Waals surface area contributed by atoms with Crippen molar-refractivity contribution in [2.75, 3.05) is 20.2 Å². The number of nitrogens with zero attached hydrogens (tertiary/aromatic N) is 1. The number of hydrogen-bond acceptors (Lipinski definition) is 3. The molecule has 2 fully saturated rings. The first kappa shape index (κ1) is 13.6. The van der Waals surface area contributed by atoms with Gasteiger partial charge in [0.1, 0.15) is 0 Å². The molecular formula is C13H24N2O3. The lowest BCUT2D eigenvalue weighted by Crippen LogP contribution is -2.47. The van der Waals surface area contributed by atoms with Gasteiger partial charge >= 0.3 is 6.03 Å². The van der Waals surface area contributed by atoms with E-state index < -0.39 is 0 Å². The molecule has 18 heavy (non-hydrogen) atoms. The molecule has 1 aliphatic heterocycles. The van der Waals surface area contributed by atoms with Gasteiger partial charge < -0.3 is 20.1 Å². The smallest absolute Gasteiger partial charge is 0.317 e. The van der Waals surface area contributed by atoms with Crippen molar-refractivity contribution in [2.24, 2.45) is 5.92 Å². The largest absolute Gasteiger partial charge is 0.393 e. The van der Waals surface area contributed by atoms with E-state index in [1.807, 2.05) is 6.92 Å². The molecule has 1 saturated carbocycles. The van der Waals surface area contributed by atoms with Crippen molar-refractivity contribution < 1.29 is 14.6 Å². The van der Waals surface area contributed by atoms with Crippen LogP contribution in [0, 0.1) is 5.92 Å². The molecule has 2 amide bonds. The maximum atomic E-state index is 12.0. The summed E-state index contributed by atoms with van der Waals surface area (Å²) in [7, 11) is 1.79. The molecule has 5 nitrogen and oxygen atoms in total. The number of hydrogen-bond donors (Lipinski definition) is 2. The fourth-order valence-corrected chi connectivity index (χ4v) is 2.85. The average molecular weight is 256 g/mol. The van der Waals surface area contributed by atoms with E-state index >= 15 is 0 Å². The fraction of sp³-hybridized carbons (Fsp3) is 0.923. The number of rotatable bonds is 3. The van der Waals surface area contributed by atoms with E-state index in [1.165, 1.54) is 0 Å². The van der Waals surface area contributed by atoms with Crippen LogP contribution in [0.3, 0.4) is 0 Å². The zero-order valence-electron chi connectivity index (χ0n) is 11.3. The first-order valence-electron chi connectivity index (χ1n) is 6.89. The molecule has 5 heteroatoms. The highest BCUT2D eigenvalue weighted by Gasteiger charge is 2.30. The summed E-state index contributed by atoms with van der Waals surface area (Å²) < 4.78 is 5.42. The molecule has 0 spiro atoms. The predicted molar refractivity (Wildman–Crippen MR) is 68.3 cm³/mol. The monoisotopic (exact) mass is 256 g/mol. The summed E-state index contributed by atoms with van der Waals surface area (Å²) in [6.07, 6.45) is 3.69. The highest BCUT2D eigenvalue weighted by Crippen LogP contribution is 2.26. The van der Waals surface area contributed by atoms with Gasteiger partial charge in [-0.3, -0.25) is 0 Å². The topological polar surface area (TPSA) is 61.8 Å². The van der Waals surface area contributed by atoms with Crippen LogP contribution in [0.5, 0.6) is 0 Å². The first-order valence-corrected chi connectivity index (χ1v) is 6.89. The van der Waals surface area contributed by atoms with Crippen LogP contribution in [0.15, 0.2) is 0 Å². The maximum Gasteiger partial charge on any atom is 0.317 e.